The maximum absolute atomic E-state index is 5.95. The van der Waals surface area contributed by atoms with E-state index in [9.17, 15) is 0 Å². The number of rotatable bonds is 10. The van der Waals surface area contributed by atoms with E-state index < -0.39 is 0 Å². The minimum absolute atomic E-state index is 0.682. The van der Waals surface area contributed by atoms with E-state index in [2.05, 4.69) is 35.2 Å². The van der Waals surface area contributed by atoms with Crippen LogP contribution in [-0.2, 0) is 6.42 Å². The number of benzene rings is 2. The Morgan fingerprint density at radius 2 is 1.54 bits per heavy atom. The molecule has 0 aromatic heterocycles. The molecular weight excluding hydrogens is 350 g/mol. The fraction of sp³-hybridized carbons (Fsp3) is 0.500. The Morgan fingerprint density at radius 3 is 2.18 bits per heavy atom. The molecule has 0 unspecified atom stereocenters. The molecule has 4 nitrogen and oxygen atoms in total. The summed E-state index contributed by atoms with van der Waals surface area (Å²) in [5.41, 5.74) is 1.48. The van der Waals surface area contributed by atoms with Gasteiger partial charge >= 0.3 is 0 Å². The fourth-order valence-electron chi connectivity index (χ4n) is 3.93. The van der Waals surface area contributed by atoms with Gasteiger partial charge in [0.2, 0.25) is 5.75 Å². The van der Waals surface area contributed by atoms with Crippen molar-refractivity contribution >= 4 is 0 Å². The lowest BCUT2D eigenvalue weighted by molar-refractivity contribution is 0.176. The van der Waals surface area contributed by atoms with Gasteiger partial charge in [0.1, 0.15) is 0 Å². The standard InChI is InChI=1S/C24H33NO3/c1-26-22-11-8-12-23(27-2)24(22)28-18-7-6-15-25-16-13-21(14-17-25)19-20-9-4-3-5-10-20/h3-5,8-12,21H,6-7,13-19H2,1-2H3. The summed E-state index contributed by atoms with van der Waals surface area (Å²) >= 11 is 0. The summed E-state index contributed by atoms with van der Waals surface area (Å²) in [5, 5.41) is 0. The second-order valence-corrected chi connectivity index (χ2v) is 7.52. The lowest BCUT2D eigenvalue weighted by atomic mass is 9.90. The first-order chi connectivity index (χ1) is 13.8. The molecule has 1 aliphatic rings. The fourth-order valence-corrected chi connectivity index (χ4v) is 3.93. The van der Waals surface area contributed by atoms with Crippen LogP contribution in [0, 0.1) is 5.92 Å². The van der Waals surface area contributed by atoms with E-state index in [0.717, 1.165) is 36.8 Å². The molecule has 1 saturated heterocycles. The highest BCUT2D eigenvalue weighted by molar-refractivity contribution is 5.51. The second kappa shape index (κ2) is 11.0. The average Bonchev–Trinajstić information content (AvgIpc) is 2.75. The molecule has 3 rings (SSSR count). The Balaban J connectivity index is 1.33. The summed E-state index contributed by atoms with van der Waals surface area (Å²) in [5.74, 6) is 2.98. The number of nitrogens with zero attached hydrogens (tertiary/aromatic N) is 1. The zero-order valence-electron chi connectivity index (χ0n) is 17.2. The molecule has 1 heterocycles. The van der Waals surface area contributed by atoms with Crippen LogP contribution in [-0.4, -0.2) is 45.4 Å². The zero-order chi connectivity index (χ0) is 19.6. The molecule has 0 amide bonds. The highest BCUT2D eigenvalue weighted by Crippen LogP contribution is 2.36. The van der Waals surface area contributed by atoms with Crippen molar-refractivity contribution in [3.05, 3.63) is 54.1 Å². The van der Waals surface area contributed by atoms with E-state index >= 15 is 0 Å². The van der Waals surface area contributed by atoms with Gasteiger partial charge in [-0.1, -0.05) is 36.4 Å². The second-order valence-electron chi connectivity index (χ2n) is 7.52. The van der Waals surface area contributed by atoms with Crippen LogP contribution in [0.4, 0.5) is 0 Å². The number of likely N-dealkylation sites (tertiary alicyclic amines) is 1. The van der Waals surface area contributed by atoms with Crippen LogP contribution in [0.15, 0.2) is 48.5 Å². The lowest BCUT2D eigenvalue weighted by Crippen LogP contribution is -2.35. The Kier molecular flexibility index (Phi) is 8.04. The van der Waals surface area contributed by atoms with Crippen molar-refractivity contribution in [2.75, 3.05) is 40.5 Å². The molecule has 0 atom stereocenters. The van der Waals surface area contributed by atoms with Crippen LogP contribution in [0.25, 0.3) is 0 Å². The third kappa shape index (κ3) is 5.90. The highest BCUT2D eigenvalue weighted by Gasteiger charge is 2.19. The molecule has 0 bridgehead atoms. The molecule has 4 heteroatoms. The number of para-hydroxylation sites is 1. The van der Waals surface area contributed by atoms with Crippen molar-refractivity contribution < 1.29 is 14.2 Å². The van der Waals surface area contributed by atoms with E-state index in [1.54, 1.807) is 14.2 Å². The summed E-state index contributed by atoms with van der Waals surface area (Å²) in [4.78, 5) is 2.60. The van der Waals surface area contributed by atoms with Gasteiger partial charge in [-0.3, -0.25) is 0 Å². The first-order valence-corrected chi connectivity index (χ1v) is 10.4. The maximum Gasteiger partial charge on any atom is 0.203 e. The van der Waals surface area contributed by atoms with Gasteiger partial charge in [-0.15, -0.1) is 0 Å². The van der Waals surface area contributed by atoms with Gasteiger partial charge in [-0.05, 0) is 75.4 Å². The van der Waals surface area contributed by atoms with Crippen LogP contribution in [0.3, 0.4) is 0 Å². The van der Waals surface area contributed by atoms with Crippen molar-refractivity contribution in [1.29, 1.82) is 0 Å². The van der Waals surface area contributed by atoms with E-state index in [4.69, 9.17) is 14.2 Å². The molecular formula is C24H33NO3. The van der Waals surface area contributed by atoms with Gasteiger partial charge in [0, 0.05) is 0 Å². The van der Waals surface area contributed by atoms with E-state index in [1.165, 1.54) is 37.9 Å². The smallest absolute Gasteiger partial charge is 0.203 e. The first kappa shape index (κ1) is 20.5. The molecule has 0 saturated carbocycles. The molecule has 0 N–H and O–H groups in total. The normalized spacial score (nSPS) is 15.4. The molecule has 0 aliphatic carbocycles. The monoisotopic (exact) mass is 383 g/mol. The Hall–Kier alpha value is -2.20. The number of piperidine rings is 1. The van der Waals surface area contributed by atoms with Crippen LogP contribution < -0.4 is 14.2 Å². The molecule has 1 aliphatic heterocycles. The molecule has 0 spiro atoms. The van der Waals surface area contributed by atoms with Crippen molar-refractivity contribution in [3.8, 4) is 17.2 Å². The quantitative estimate of drug-likeness (QED) is 0.551. The largest absolute Gasteiger partial charge is 0.493 e. The molecule has 0 radical (unpaired) electrons. The molecule has 28 heavy (non-hydrogen) atoms. The number of hydrogen-bond donors (Lipinski definition) is 0. The molecule has 2 aromatic carbocycles. The summed E-state index contributed by atoms with van der Waals surface area (Å²) < 4.78 is 16.7. The number of methoxy groups -OCH3 is 2. The van der Waals surface area contributed by atoms with Crippen molar-refractivity contribution in [2.24, 2.45) is 5.92 Å². The van der Waals surface area contributed by atoms with Gasteiger partial charge in [-0.2, -0.15) is 0 Å². The summed E-state index contributed by atoms with van der Waals surface area (Å²) in [7, 11) is 3.31. The Bertz CT molecular complexity index is 674. The third-order valence-electron chi connectivity index (χ3n) is 5.57. The van der Waals surface area contributed by atoms with Gasteiger partial charge in [-0.25, -0.2) is 0 Å². The van der Waals surface area contributed by atoms with E-state index in [1.807, 2.05) is 18.2 Å². The van der Waals surface area contributed by atoms with Gasteiger partial charge in [0.25, 0.3) is 0 Å². The Morgan fingerprint density at radius 1 is 0.857 bits per heavy atom. The molecule has 152 valence electrons. The third-order valence-corrected chi connectivity index (χ3v) is 5.57. The predicted octanol–water partition coefficient (Wildman–Crippen LogP) is 4.82. The van der Waals surface area contributed by atoms with Crippen molar-refractivity contribution in [1.82, 2.24) is 4.90 Å². The number of unbranched alkanes of at least 4 members (excludes halogenated alkanes) is 1. The zero-order valence-corrected chi connectivity index (χ0v) is 17.2. The summed E-state index contributed by atoms with van der Waals surface area (Å²) in [6.07, 6.45) is 6.03. The lowest BCUT2D eigenvalue weighted by Gasteiger charge is -2.32. The predicted molar refractivity (Wildman–Crippen MR) is 114 cm³/mol. The van der Waals surface area contributed by atoms with Crippen molar-refractivity contribution in [3.63, 3.8) is 0 Å². The molecule has 2 aromatic rings. The van der Waals surface area contributed by atoms with Crippen molar-refractivity contribution in [2.45, 2.75) is 32.1 Å². The topological polar surface area (TPSA) is 30.9 Å². The summed E-state index contributed by atoms with van der Waals surface area (Å²) in [6.45, 7) is 4.28. The highest BCUT2D eigenvalue weighted by atomic mass is 16.5. The van der Waals surface area contributed by atoms with Crippen LogP contribution >= 0.6 is 0 Å². The van der Waals surface area contributed by atoms with Crippen LogP contribution in [0.5, 0.6) is 17.2 Å². The Labute approximate surface area is 169 Å². The average molecular weight is 384 g/mol. The van der Waals surface area contributed by atoms with E-state index in [-0.39, 0.29) is 0 Å². The first-order valence-electron chi connectivity index (χ1n) is 10.4. The maximum atomic E-state index is 5.95. The minimum atomic E-state index is 0.682. The molecule has 1 fully saturated rings. The van der Waals surface area contributed by atoms with Crippen LogP contribution in [0.2, 0.25) is 0 Å². The van der Waals surface area contributed by atoms with Crippen LogP contribution in [0.1, 0.15) is 31.2 Å². The van der Waals surface area contributed by atoms with Gasteiger partial charge in [0.05, 0.1) is 20.8 Å². The summed E-state index contributed by atoms with van der Waals surface area (Å²) in [6, 6.07) is 16.6. The van der Waals surface area contributed by atoms with E-state index in [0.29, 0.717) is 12.4 Å². The van der Waals surface area contributed by atoms with Gasteiger partial charge in [0.15, 0.2) is 11.5 Å². The van der Waals surface area contributed by atoms with Gasteiger partial charge < -0.3 is 19.1 Å². The number of hydrogen-bond acceptors (Lipinski definition) is 4. The minimum Gasteiger partial charge on any atom is -0.493 e. The number of ether oxygens (including phenoxy) is 3. The SMILES string of the molecule is COc1cccc(OC)c1OCCCCN1CCC(Cc2ccccc2)CC1.